The van der Waals surface area contributed by atoms with E-state index in [1.165, 1.54) is 0 Å². The van der Waals surface area contributed by atoms with Crippen LogP contribution in [0.25, 0.3) is 0 Å². The van der Waals surface area contributed by atoms with Gasteiger partial charge >= 0.3 is 5.97 Å². The average Bonchev–Trinajstić information content (AvgIpc) is 2.17. The molecule has 0 saturated heterocycles. The summed E-state index contributed by atoms with van der Waals surface area (Å²) in [6, 6.07) is 5.33. The van der Waals surface area contributed by atoms with E-state index in [1.54, 1.807) is 12.1 Å². The van der Waals surface area contributed by atoms with E-state index >= 15 is 0 Å². The lowest BCUT2D eigenvalue weighted by Crippen LogP contribution is -2.27. The number of aryl methyl sites for hydroxylation is 1. The summed E-state index contributed by atoms with van der Waals surface area (Å²) in [5.74, 6) is 0.218. The fourth-order valence-electron chi connectivity index (χ4n) is 1.28. The van der Waals surface area contributed by atoms with Crippen LogP contribution in [0.3, 0.4) is 0 Å². The molecule has 0 atom stereocenters. The zero-order chi connectivity index (χ0) is 13.1. The summed E-state index contributed by atoms with van der Waals surface area (Å²) in [5.41, 5.74) is 6.68. The van der Waals surface area contributed by atoms with Crippen molar-refractivity contribution in [2.75, 3.05) is 12.3 Å². The van der Waals surface area contributed by atoms with Gasteiger partial charge in [-0.1, -0.05) is 6.07 Å². The molecule has 0 saturated carbocycles. The molecule has 1 rings (SSSR count). The molecule has 94 valence electrons. The number of nitrogens with two attached hydrogens (primary N) is 1. The zero-order valence-electron chi connectivity index (χ0n) is 10.7. The summed E-state index contributed by atoms with van der Waals surface area (Å²) >= 11 is 0. The van der Waals surface area contributed by atoms with Crippen molar-refractivity contribution in [3.8, 4) is 5.75 Å². The molecule has 0 amide bonds. The molecule has 0 fully saturated rings. The monoisotopic (exact) mass is 237 g/mol. The molecule has 0 radical (unpaired) electrons. The van der Waals surface area contributed by atoms with Crippen molar-refractivity contribution in [3.05, 3.63) is 23.8 Å². The molecular formula is C13H19NO3. The predicted molar refractivity (Wildman–Crippen MR) is 66.9 cm³/mol. The first kappa shape index (κ1) is 13.4. The standard InChI is InChI=1S/C13H19NO3/c1-9-5-6-10(14)7-11(9)16-8-12(15)17-13(2,3)4/h5-7H,8,14H2,1-4H3. The SMILES string of the molecule is Cc1ccc(N)cc1OCC(=O)OC(C)(C)C. The molecule has 4 nitrogen and oxygen atoms in total. The van der Waals surface area contributed by atoms with E-state index in [9.17, 15) is 4.79 Å². The Hall–Kier alpha value is -1.71. The van der Waals surface area contributed by atoms with E-state index in [0.29, 0.717) is 11.4 Å². The fourth-order valence-corrected chi connectivity index (χ4v) is 1.28. The summed E-state index contributed by atoms with van der Waals surface area (Å²) in [4.78, 5) is 11.4. The van der Waals surface area contributed by atoms with Gasteiger partial charge in [-0.25, -0.2) is 4.79 Å². The van der Waals surface area contributed by atoms with Crippen LogP contribution in [-0.2, 0) is 9.53 Å². The molecule has 0 aliphatic rings. The van der Waals surface area contributed by atoms with Crippen LogP contribution in [0.15, 0.2) is 18.2 Å². The normalized spacial score (nSPS) is 11.1. The molecule has 0 unspecified atom stereocenters. The minimum Gasteiger partial charge on any atom is -0.482 e. The highest BCUT2D eigenvalue weighted by Crippen LogP contribution is 2.20. The van der Waals surface area contributed by atoms with E-state index in [0.717, 1.165) is 5.56 Å². The predicted octanol–water partition coefficient (Wildman–Crippen LogP) is 2.30. The largest absolute Gasteiger partial charge is 0.482 e. The minimum atomic E-state index is -0.495. The van der Waals surface area contributed by atoms with Gasteiger partial charge in [0.2, 0.25) is 0 Å². The topological polar surface area (TPSA) is 61.5 Å². The lowest BCUT2D eigenvalue weighted by atomic mass is 10.2. The van der Waals surface area contributed by atoms with Crippen LogP contribution in [-0.4, -0.2) is 18.2 Å². The van der Waals surface area contributed by atoms with Crippen molar-refractivity contribution >= 4 is 11.7 Å². The van der Waals surface area contributed by atoms with Gasteiger partial charge in [-0.3, -0.25) is 0 Å². The number of hydrogen-bond donors (Lipinski definition) is 1. The molecule has 17 heavy (non-hydrogen) atoms. The Labute approximate surface area is 102 Å². The number of hydrogen-bond acceptors (Lipinski definition) is 4. The Kier molecular flexibility index (Phi) is 3.99. The van der Waals surface area contributed by atoms with Crippen molar-refractivity contribution in [2.45, 2.75) is 33.3 Å². The molecular weight excluding hydrogens is 218 g/mol. The van der Waals surface area contributed by atoms with Crippen LogP contribution in [0.4, 0.5) is 5.69 Å². The first-order chi connectivity index (χ1) is 7.78. The number of nitrogen functional groups attached to an aromatic ring is 1. The fraction of sp³-hybridized carbons (Fsp3) is 0.462. The van der Waals surface area contributed by atoms with Crippen LogP contribution in [0.2, 0.25) is 0 Å². The quantitative estimate of drug-likeness (QED) is 0.647. The van der Waals surface area contributed by atoms with Gasteiger partial charge in [0.25, 0.3) is 0 Å². The van der Waals surface area contributed by atoms with Gasteiger partial charge in [0.1, 0.15) is 11.4 Å². The highest BCUT2D eigenvalue weighted by Gasteiger charge is 2.16. The van der Waals surface area contributed by atoms with Crippen LogP contribution in [0, 0.1) is 6.92 Å². The summed E-state index contributed by atoms with van der Waals surface area (Å²) in [5, 5.41) is 0. The van der Waals surface area contributed by atoms with Gasteiger partial charge in [0, 0.05) is 11.8 Å². The Bertz CT molecular complexity index is 408. The maximum atomic E-state index is 11.4. The average molecular weight is 237 g/mol. The molecule has 0 heterocycles. The number of esters is 1. The number of carbonyl (C=O) groups excluding carboxylic acids is 1. The van der Waals surface area contributed by atoms with Crippen molar-refractivity contribution in [3.63, 3.8) is 0 Å². The van der Waals surface area contributed by atoms with Gasteiger partial charge in [0.05, 0.1) is 0 Å². The highest BCUT2D eigenvalue weighted by atomic mass is 16.6. The van der Waals surface area contributed by atoms with Gasteiger partial charge in [-0.2, -0.15) is 0 Å². The second-order valence-corrected chi connectivity index (χ2v) is 4.90. The second kappa shape index (κ2) is 5.08. The molecule has 0 aliphatic heterocycles. The number of ether oxygens (including phenoxy) is 2. The Morgan fingerprint density at radius 3 is 2.59 bits per heavy atom. The Morgan fingerprint density at radius 1 is 1.35 bits per heavy atom. The number of anilines is 1. The number of benzene rings is 1. The maximum absolute atomic E-state index is 11.4. The first-order valence-electron chi connectivity index (χ1n) is 5.49. The summed E-state index contributed by atoms with van der Waals surface area (Å²) in [6.07, 6.45) is 0. The van der Waals surface area contributed by atoms with Crippen molar-refractivity contribution < 1.29 is 14.3 Å². The number of carbonyl (C=O) groups is 1. The third-order valence-corrected chi connectivity index (χ3v) is 1.98. The van der Waals surface area contributed by atoms with Crippen LogP contribution in [0.1, 0.15) is 26.3 Å². The summed E-state index contributed by atoms with van der Waals surface area (Å²) in [6.45, 7) is 7.23. The first-order valence-corrected chi connectivity index (χ1v) is 5.49. The van der Waals surface area contributed by atoms with Gasteiger partial charge < -0.3 is 15.2 Å². The number of rotatable bonds is 3. The lowest BCUT2D eigenvalue weighted by Gasteiger charge is -2.19. The van der Waals surface area contributed by atoms with E-state index < -0.39 is 5.60 Å². The van der Waals surface area contributed by atoms with E-state index in [2.05, 4.69) is 0 Å². The van der Waals surface area contributed by atoms with E-state index in [4.69, 9.17) is 15.2 Å². The maximum Gasteiger partial charge on any atom is 0.344 e. The van der Waals surface area contributed by atoms with Crippen molar-refractivity contribution in [1.29, 1.82) is 0 Å². The molecule has 1 aromatic carbocycles. The summed E-state index contributed by atoms with van der Waals surface area (Å²) in [7, 11) is 0. The minimum absolute atomic E-state index is 0.110. The summed E-state index contributed by atoms with van der Waals surface area (Å²) < 4.78 is 10.5. The Morgan fingerprint density at radius 2 is 2.00 bits per heavy atom. The third kappa shape index (κ3) is 4.76. The molecule has 2 N–H and O–H groups in total. The van der Waals surface area contributed by atoms with Crippen LogP contribution in [0.5, 0.6) is 5.75 Å². The lowest BCUT2D eigenvalue weighted by molar-refractivity contribution is -0.157. The van der Waals surface area contributed by atoms with Crippen LogP contribution >= 0.6 is 0 Å². The molecule has 0 bridgehead atoms. The van der Waals surface area contributed by atoms with Gasteiger partial charge in [0.15, 0.2) is 6.61 Å². The van der Waals surface area contributed by atoms with Crippen LogP contribution < -0.4 is 10.5 Å². The van der Waals surface area contributed by atoms with E-state index in [1.807, 2.05) is 33.8 Å². The van der Waals surface area contributed by atoms with Crippen molar-refractivity contribution in [1.82, 2.24) is 0 Å². The molecule has 0 spiro atoms. The Balaban J connectivity index is 2.56. The highest BCUT2D eigenvalue weighted by molar-refractivity contribution is 5.71. The molecule has 1 aromatic rings. The molecule has 0 aromatic heterocycles. The van der Waals surface area contributed by atoms with E-state index in [-0.39, 0.29) is 12.6 Å². The third-order valence-electron chi connectivity index (χ3n) is 1.98. The van der Waals surface area contributed by atoms with Crippen molar-refractivity contribution in [2.24, 2.45) is 0 Å². The second-order valence-electron chi connectivity index (χ2n) is 4.90. The van der Waals surface area contributed by atoms with Gasteiger partial charge in [-0.15, -0.1) is 0 Å². The van der Waals surface area contributed by atoms with Gasteiger partial charge in [-0.05, 0) is 39.3 Å². The molecule has 0 aliphatic carbocycles. The molecule has 4 heteroatoms. The zero-order valence-corrected chi connectivity index (χ0v) is 10.7. The smallest absolute Gasteiger partial charge is 0.344 e.